The van der Waals surface area contributed by atoms with E-state index in [0.29, 0.717) is 5.75 Å². The molecule has 23 heavy (non-hydrogen) atoms. The van der Waals surface area contributed by atoms with Gasteiger partial charge in [-0.2, -0.15) is 0 Å². The molecule has 8 nitrogen and oxygen atoms in total. The van der Waals surface area contributed by atoms with Gasteiger partial charge >= 0.3 is 0 Å². The normalized spacial score (nSPS) is 18.7. The van der Waals surface area contributed by atoms with Gasteiger partial charge < -0.3 is 14.8 Å². The minimum atomic E-state index is -0.753. The van der Waals surface area contributed by atoms with Crippen LogP contribution in [-0.4, -0.2) is 35.5 Å². The molecule has 124 valence electrons. The van der Waals surface area contributed by atoms with Crippen LogP contribution in [0.4, 0.5) is 0 Å². The Labute approximate surface area is 133 Å². The van der Waals surface area contributed by atoms with E-state index in [1.165, 1.54) is 6.20 Å². The van der Waals surface area contributed by atoms with Crippen LogP contribution < -0.4 is 20.1 Å². The number of carbonyl (C=O) groups excluding carboxylic acids is 3. The molecule has 0 bridgehead atoms. The molecule has 3 heterocycles. The average Bonchev–Trinajstić information content (AvgIpc) is 3.03. The Balaban J connectivity index is 0.000000924. The highest BCUT2D eigenvalue weighted by Gasteiger charge is 2.31. The first-order valence-corrected chi connectivity index (χ1v) is 7.46. The molecule has 2 aliphatic rings. The van der Waals surface area contributed by atoms with Crippen LogP contribution in [0.3, 0.4) is 0 Å². The highest BCUT2D eigenvalue weighted by Crippen LogP contribution is 2.37. The van der Waals surface area contributed by atoms with Crippen LogP contribution in [0.1, 0.15) is 42.7 Å². The maximum absolute atomic E-state index is 12.2. The number of rotatable bonds is 2. The van der Waals surface area contributed by atoms with Gasteiger partial charge in [-0.3, -0.25) is 19.7 Å². The Morgan fingerprint density at radius 3 is 2.70 bits per heavy atom. The summed E-state index contributed by atoms with van der Waals surface area (Å²) in [5.41, 5.74) is 0.831. The highest BCUT2D eigenvalue weighted by atomic mass is 16.7. The fourth-order valence-electron chi connectivity index (χ4n) is 2.25. The Morgan fingerprint density at radius 1 is 1.30 bits per heavy atom. The topological polar surface area (TPSA) is 107 Å². The van der Waals surface area contributed by atoms with Gasteiger partial charge in [0, 0.05) is 18.2 Å². The number of aryl methyl sites for hydroxylation is 1. The van der Waals surface area contributed by atoms with Crippen molar-refractivity contribution in [2.45, 2.75) is 39.7 Å². The number of piperidine rings is 1. The highest BCUT2D eigenvalue weighted by molar-refractivity contribution is 6.04. The number of carbonyl (C=O) groups is 3. The number of fused-ring (bicyclic) bond motifs is 1. The number of amides is 3. The van der Waals surface area contributed by atoms with E-state index < -0.39 is 17.9 Å². The number of ether oxygens (including phenoxy) is 2. The van der Waals surface area contributed by atoms with E-state index in [1.54, 1.807) is 6.92 Å². The molecule has 0 aliphatic carbocycles. The molecule has 0 aromatic carbocycles. The van der Waals surface area contributed by atoms with Crippen molar-refractivity contribution in [1.82, 2.24) is 15.6 Å². The summed E-state index contributed by atoms with van der Waals surface area (Å²) < 4.78 is 10.5. The van der Waals surface area contributed by atoms with Gasteiger partial charge in [0.25, 0.3) is 5.91 Å². The van der Waals surface area contributed by atoms with Crippen LogP contribution in [0.15, 0.2) is 6.20 Å². The lowest BCUT2D eigenvalue weighted by molar-refractivity contribution is -0.134. The van der Waals surface area contributed by atoms with Crippen molar-refractivity contribution in [3.8, 4) is 11.5 Å². The average molecular weight is 321 g/mol. The van der Waals surface area contributed by atoms with Gasteiger partial charge in [-0.1, -0.05) is 13.8 Å². The lowest BCUT2D eigenvalue weighted by Gasteiger charge is -2.21. The Bertz CT molecular complexity index is 644. The van der Waals surface area contributed by atoms with E-state index in [9.17, 15) is 14.4 Å². The second-order valence-electron chi connectivity index (χ2n) is 4.83. The Kier molecular flexibility index (Phi) is 5.15. The predicted octanol–water partition coefficient (Wildman–Crippen LogP) is 0.680. The standard InChI is InChI=1S/C13H13N3O5.C2H6/c1-6-4-14-9(11-10(6)20-5-21-11)13(19)15-7-2-3-8(17)16-12(7)18;1-2/h4,7H,2-3,5H2,1H3,(H,15,19)(H,16,17,18);1-2H3. The predicted molar refractivity (Wildman–Crippen MR) is 80.1 cm³/mol. The number of hydrogen-bond donors (Lipinski definition) is 2. The van der Waals surface area contributed by atoms with Crippen molar-refractivity contribution in [3.05, 3.63) is 17.5 Å². The fraction of sp³-hybridized carbons (Fsp3) is 0.467. The van der Waals surface area contributed by atoms with Gasteiger partial charge in [0.15, 0.2) is 17.2 Å². The molecule has 1 saturated heterocycles. The molecule has 0 radical (unpaired) electrons. The van der Waals surface area contributed by atoms with E-state index in [1.807, 2.05) is 13.8 Å². The van der Waals surface area contributed by atoms with Crippen molar-refractivity contribution in [3.63, 3.8) is 0 Å². The number of nitrogens with one attached hydrogen (secondary N) is 2. The van der Waals surface area contributed by atoms with Crippen molar-refractivity contribution < 1.29 is 23.9 Å². The molecule has 8 heteroatoms. The van der Waals surface area contributed by atoms with E-state index in [4.69, 9.17) is 9.47 Å². The van der Waals surface area contributed by atoms with E-state index in [0.717, 1.165) is 5.56 Å². The quantitative estimate of drug-likeness (QED) is 0.776. The Hall–Kier alpha value is -2.64. The van der Waals surface area contributed by atoms with Gasteiger partial charge in [0.05, 0.1) is 0 Å². The first kappa shape index (κ1) is 16.7. The third kappa shape index (κ3) is 3.41. The van der Waals surface area contributed by atoms with E-state index in [-0.39, 0.29) is 37.0 Å². The molecular formula is C15H19N3O5. The van der Waals surface area contributed by atoms with Crippen molar-refractivity contribution in [1.29, 1.82) is 0 Å². The molecule has 1 unspecified atom stereocenters. The molecule has 0 saturated carbocycles. The second kappa shape index (κ2) is 7.08. The third-order valence-electron chi connectivity index (χ3n) is 3.33. The zero-order chi connectivity index (χ0) is 17.0. The molecule has 1 fully saturated rings. The largest absolute Gasteiger partial charge is 0.453 e. The molecular weight excluding hydrogens is 302 g/mol. The van der Waals surface area contributed by atoms with Gasteiger partial charge in [0.1, 0.15) is 6.04 Å². The van der Waals surface area contributed by atoms with Crippen LogP contribution in [0.5, 0.6) is 11.5 Å². The number of aromatic nitrogens is 1. The number of imide groups is 1. The zero-order valence-electron chi connectivity index (χ0n) is 13.3. The van der Waals surface area contributed by atoms with E-state index in [2.05, 4.69) is 15.6 Å². The van der Waals surface area contributed by atoms with E-state index >= 15 is 0 Å². The molecule has 3 rings (SSSR count). The molecule has 2 N–H and O–H groups in total. The van der Waals surface area contributed by atoms with Gasteiger partial charge in [-0.05, 0) is 13.3 Å². The minimum Gasteiger partial charge on any atom is -0.453 e. The third-order valence-corrected chi connectivity index (χ3v) is 3.33. The van der Waals surface area contributed by atoms with Crippen molar-refractivity contribution in [2.24, 2.45) is 0 Å². The van der Waals surface area contributed by atoms with Gasteiger partial charge in [0.2, 0.25) is 18.6 Å². The summed E-state index contributed by atoms with van der Waals surface area (Å²) >= 11 is 0. The maximum Gasteiger partial charge on any atom is 0.274 e. The molecule has 0 spiro atoms. The number of pyridine rings is 1. The molecule has 1 aromatic heterocycles. The van der Waals surface area contributed by atoms with Crippen LogP contribution in [0.2, 0.25) is 0 Å². The second-order valence-corrected chi connectivity index (χ2v) is 4.83. The van der Waals surface area contributed by atoms with Crippen LogP contribution >= 0.6 is 0 Å². The fourth-order valence-corrected chi connectivity index (χ4v) is 2.25. The lowest BCUT2D eigenvalue weighted by atomic mass is 10.1. The maximum atomic E-state index is 12.2. The molecule has 1 aromatic rings. The first-order chi connectivity index (χ1) is 11.1. The minimum absolute atomic E-state index is 0.0283. The van der Waals surface area contributed by atoms with Gasteiger partial charge in [-0.25, -0.2) is 4.98 Å². The Morgan fingerprint density at radius 2 is 2.00 bits per heavy atom. The SMILES string of the molecule is CC.Cc1cnc(C(=O)NC2CCC(=O)NC2=O)c2c1OCO2. The molecule has 3 amide bonds. The summed E-state index contributed by atoms with van der Waals surface area (Å²) in [7, 11) is 0. The summed E-state index contributed by atoms with van der Waals surface area (Å²) in [5.74, 6) is -0.624. The summed E-state index contributed by atoms with van der Waals surface area (Å²) in [6, 6.07) is -0.753. The monoisotopic (exact) mass is 321 g/mol. The van der Waals surface area contributed by atoms with Crippen molar-refractivity contribution in [2.75, 3.05) is 6.79 Å². The zero-order valence-corrected chi connectivity index (χ0v) is 13.3. The summed E-state index contributed by atoms with van der Waals surface area (Å²) in [5, 5.41) is 4.73. The summed E-state index contributed by atoms with van der Waals surface area (Å²) in [6.07, 6.45) is 1.96. The lowest BCUT2D eigenvalue weighted by Crippen LogP contribution is -2.52. The van der Waals surface area contributed by atoms with Crippen LogP contribution in [-0.2, 0) is 9.59 Å². The van der Waals surface area contributed by atoms with Crippen molar-refractivity contribution >= 4 is 17.7 Å². The first-order valence-electron chi connectivity index (χ1n) is 7.46. The molecule has 2 aliphatic heterocycles. The summed E-state index contributed by atoms with van der Waals surface area (Å²) in [4.78, 5) is 39.0. The number of nitrogens with zero attached hydrogens (tertiary/aromatic N) is 1. The number of hydrogen-bond acceptors (Lipinski definition) is 6. The summed E-state index contributed by atoms with van der Waals surface area (Å²) in [6.45, 7) is 5.82. The van der Waals surface area contributed by atoms with Crippen LogP contribution in [0, 0.1) is 6.92 Å². The van der Waals surface area contributed by atoms with Gasteiger partial charge in [-0.15, -0.1) is 0 Å². The smallest absolute Gasteiger partial charge is 0.274 e. The van der Waals surface area contributed by atoms with Crippen LogP contribution in [0.25, 0.3) is 0 Å². The molecule has 1 atom stereocenters.